The molecule has 5 nitrogen and oxygen atoms in total. The first kappa shape index (κ1) is 25.9. The standard InChI is InChI=1S/C23H32F4N2O3S/c1-21(2,33(31,32)19-12-16(23(25,26)27)9-17(24)13-19)15-10-18(11-15)29-20(30)14-22(28-3)7-5-4-6-8-22/h9,12-13,15,18,28H,4-8,10-11,14H2,1-3H3,(H,29,30). The molecule has 0 aliphatic heterocycles. The summed E-state index contributed by atoms with van der Waals surface area (Å²) < 4.78 is 77.9. The maximum Gasteiger partial charge on any atom is 0.416 e. The topological polar surface area (TPSA) is 75.3 Å². The number of nitrogens with one attached hydrogen (secondary N) is 2. The minimum absolute atomic E-state index is 0.0877. The fourth-order valence-corrected chi connectivity index (χ4v) is 6.83. The van der Waals surface area contributed by atoms with Crippen LogP contribution in [0.1, 0.15) is 70.8 Å². The third-order valence-electron chi connectivity index (χ3n) is 7.53. The van der Waals surface area contributed by atoms with Crippen LogP contribution >= 0.6 is 0 Å². The van der Waals surface area contributed by atoms with Gasteiger partial charge in [-0.05, 0) is 70.7 Å². The van der Waals surface area contributed by atoms with Crippen LogP contribution in [0.3, 0.4) is 0 Å². The molecule has 0 unspecified atom stereocenters. The highest BCUT2D eigenvalue weighted by Crippen LogP contribution is 2.44. The minimum Gasteiger partial charge on any atom is -0.353 e. The number of hydrogen-bond acceptors (Lipinski definition) is 4. The summed E-state index contributed by atoms with van der Waals surface area (Å²) in [6.07, 6.45) is 1.46. The molecule has 1 amide bonds. The van der Waals surface area contributed by atoms with Crippen LogP contribution in [-0.4, -0.2) is 37.7 Å². The van der Waals surface area contributed by atoms with Crippen molar-refractivity contribution in [2.45, 2.75) is 92.6 Å². The minimum atomic E-state index is -4.86. The molecular formula is C23H32F4N2O3S. The number of sulfone groups is 1. The van der Waals surface area contributed by atoms with Crippen LogP contribution in [0.2, 0.25) is 0 Å². The summed E-state index contributed by atoms with van der Waals surface area (Å²) in [6.45, 7) is 2.89. The summed E-state index contributed by atoms with van der Waals surface area (Å²) in [4.78, 5) is 11.9. The molecule has 0 atom stereocenters. The highest BCUT2D eigenvalue weighted by Gasteiger charge is 2.49. The molecule has 2 aliphatic rings. The van der Waals surface area contributed by atoms with Crippen molar-refractivity contribution in [1.29, 1.82) is 0 Å². The van der Waals surface area contributed by atoms with Crippen LogP contribution in [0, 0.1) is 11.7 Å². The van der Waals surface area contributed by atoms with E-state index in [9.17, 15) is 30.8 Å². The van der Waals surface area contributed by atoms with E-state index in [0.717, 1.165) is 32.1 Å². The molecule has 3 rings (SSSR count). The molecule has 0 aromatic heterocycles. The molecule has 1 aromatic carbocycles. The monoisotopic (exact) mass is 492 g/mol. The lowest BCUT2D eigenvalue weighted by Gasteiger charge is -2.45. The van der Waals surface area contributed by atoms with Crippen molar-refractivity contribution in [2.24, 2.45) is 5.92 Å². The van der Waals surface area contributed by atoms with Crippen LogP contribution in [0.5, 0.6) is 0 Å². The Hall–Kier alpha value is -1.68. The largest absolute Gasteiger partial charge is 0.416 e. The second-order valence-electron chi connectivity index (χ2n) is 9.98. The van der Waals surface area contributed by atoms with Crippen molar-refractivity contribution in [2.75, 3.05) is 7.05 Å². The first-order valence-corrected chi connectivity index (χ1v) is 12.8. The van der Waals surface area contributed by atoms with E-state index in [2.05, 4.69) is 10.6 Å². The van der Waals surface area contributed by atoms with Gasteiger partial charge in [0.1, 0.15) is 5.82 Å². The number of hydrogen-bond donors (Lipinski definition) is 2. The maximum absolute atomic E-state index is 13.8. The van der Waals surface area contributed by atoms with E-state index >= 15 is 0 Å². The van der Waals surface area contributed by atoms with Crippen LogP contribution < -0.4 is 10.6 Å². The van der Waals surface area contributed by atoms with Crippen LogP contribution in [0.25, 0.3) is 0 Å². The molecule has 2 aliphatic carbocycles. The molecular weight excluding hydrogens is 460 g/mol. The van der Waals surface area contributed by atoms with Gasteiger partial charge in [-0.25, -0.2) is 12.8 Å². The Labute approximate surface area is 192 Å². The molecule has 0 spiro atoms. The number of rotatable bonds is 7. The van der Waals surface area contributed by atoms with Gasteiger partial charge >= 0.3 is 6.18 Å². The summed E-state index contributed by atoms with van der Waals surface area (Å²) in [7, 11) is -2.39. The Kier molecular flexibility index (Phi) is 7.20. The first-order chi connectivity index (χ1) is 15.2. The zero-order valence-electron chi connectivity index (χ0n) is 19.2. The van der Waals surface area contributed by atoms with E-state index in [4.69, 9.17) is 0 Å². The predicted molar refractivity (Wildman–Crippen MR) is 117 cm³/mol. The van der Waals surface area contributed by atoms with Gasteiger partial charge in [0.05, 0.1) is 15.2 Å². The van der Waals surface area contributed by atoms with E-state index in [1.54, 1.807) is 0 Å². The van der Waals surface area contributed by atoms with Crippen molar-refractivity contribution >= 4 is 15.7 Å². The molecule has 0 heterocycles. The second kappa shape index (κ2) is 9.17. The molecule has 0 bridgehead atoms. The van der Waals surface area contributed by atoms with Crippen LogP contribution in [-0.2, 0) is 20.8 Å². The molecule has 33 heavy (non-hydrogen) atoms. The fourth-order valence-electron chi connectivity index (χ4n) is 5.04. The fraction of sp³-hybridized carbons (Fsp3) is 0.696. The van der Waals surface area contributed by atoms with Gasteiger partial charge in [0.2, 0.25) is 5.91 Å². The van der Waals surface area contributed by atoms with Gasteiger partial charge in [0, 0.05) is 18.0 Å². The Balaban J connectivity index is 1.65. The van der Waals surface area contributed by atoms with Crippen molar-refractivity contribution < 1.29 is 30.8 Å². The number of halogens is 4. The molecule has 2 fully saturated rings. The van der Waals surface area contributed by atoms with E-state index in [-0.39, 0.29) is 29.5 Å². The Morgan fingerprint density at radius 1 is 1.09 bits per heavy atom. The number of amides is 1. The summed E-state index contributed by atoms with van der Waals surface area (Å²) >= 11 is 0. The summed E-state index contributed by atoms with van der Waals surface area (Å²) in [5.41, 5.74) is -1.54. The van der Waals surface area contributed by atoms with Crippen LogP contribution in [0.4, 0.5) is 17.6 Å². The molecule has 186 valence electrons. The lowest BCUT2D eigenvalue weighted by atomic mass is 9.72. The third-order valence-corrected chi connectivity index (χ3v) is 10.1. The highest BCUT2D eigenvalue weighted by atomic mass is 32.2. The van der Waals surface area contributed by atoms with Gasteiger partial charge in [0.15, 0.2) is 9.84 Å². The molecule has 2 saturated carbocycles. The lowest BCUT2D eigenvalue weighted by molar-refractivity contribution is -0.138. The SMILES string of the molecule is CNC1(CC(=O)NC2CC(C(C)(C)S(=O)(=O)c3cc(F)cc(C(F)(F)F)c3)C2)CCCCC1. The van der Waals surface area contributed by atoms with E-state index in [1.807, 2.05) is 7.05 Å². The van der Waals surface area contributed by atoms with Gasteiger partial charge in [-0.1, -0.05) is 19.3 Å². The van der Waals surface area contributed by atoms with Gasteiger partial charge in [-0.3, -0.25) is 4.79 Å². The summed E-state index contributed by atoms with van der Waals surface area (Å²) in [6, 6.07) is 1.21. The normalized spacial score (nSPS) is 23.6. The second-order valence-corrected chi connectivity index (χ2v) is 12.5. The first-order valence-electron chi connectivity index (χ1n) is 11.3. The van der Waals surface area contributed by atoms with Gasteiger partial charge in [-0.2, -0.15) is 13.2 Å². The molecule has 0 radical (unpaired) electrons. The van der Waals surface area contributed by atoms with E-state index in [1.165, 1.54) is 13.8 Å². The van der Waals surface area contributed by atoms with Gasteiger partial charge < -0.3 is 10.6 Å². The quantitative estimate of drug-likeness (QED) is 0.546. The average molecular weight is 493 g/mol. The number of alkyl halides is 3. The zero-order chi connectivity index (χ0) is 24.7. The number of benzene rings is 1. The molecule has 1 aromatic rings. The van der Waals surface area contributed by atoms with Crippen LogP contribution in [0.15, 0.2) is 23.1 Å². The van der Waals surface area contributed by atoms with Gasteiger partial charge in [0.25, 0.3) is 0 Å². The summed E-state index contributed by atoms with van der Waals surface area (Å²) in [5, 5.41) is 6.27. The average Bonchev–Trinajstić information content (AvgIpc) is 2.69. The highest BCUT2D eigenvalue weighted by molar-refractivity contribution is 7.92. The lowest BCUT2D eigenvalue weighted by Crippen LogP contribution is -2.55. The van der Waals surface area contributed by atoms with Gasteiger partial charge in [-0.15, -0.1) is 0 Å². The van der Waals surface area contributed by atoms with E-state index < -0.39 is 37.0 Å². The molecule has 2 N–H and O–H groups in total. The smallest absolute Gasteiger partial charge is 0.353 e. The Morgan fingerprint density at radius 3 is 2.24 bits per heavy atom. The Morgan fingerprint density at radius 2 is 1.70 bits per heavy atom. The van der Waals surface area contributed by atoms with Crippen molar-refractivity contribution in [3.8, 4) is 0 Å². The van der Waals surface area contributed by atoms with Crippen molar-refractivity contribution in [3.05, 3.63) is 29.6 Å². The Bertz CT molecular complexity index is 980. The zero-order valence-corrected chi connectivity index (χ0v) is 20.0. The number of carbonyl (C=O) groups is 1. The summed E-state index contributed by atoms with van der Waals surface area (Å²) in [5.74, 6) is -1.72. The molecule has 10 heteroatoms. The number of carbonyl (C=O) groups excluding carboxylic acids is 1. The third kappa shape index (κ3) is 5.37. The van der Waals surface area contributed by atoms with E-state index in [0.29, 0.717) is 31.4 Å². The maximum atomic E-state index is 13.8. The molecule has 0 saturated heterocycles. The predicted octanol–water partition coefficient (Wildman–Crippen LogP) is 4.60. The van der Waals surface area contributed by atoms with Crippen molar-refractivity contribution in [3.63, 3.8) is 0 Å². The van der Waals surface area contributed by atoms with Crippen molar-refractivity contribution in [1.82, 2.24) is 10.6 Å².